The minimum atomic E-state index is -0.545. The number of aromatic nitrogens is 1. The number of fused-ring (bicyclic) bond motifs is 1. The second kappa shape index (κ2) is 8.31. The maximum absolute atomic E-state index is 12.6. The molecule has 0 saturated carbocycles. The summed E-state index contributed by atoms with van der Waals surface area (Å²) in [7, 11) is 1.30. The molecule has 2 aromatic rings. The smallest absolute Gasteiger partial charge is 0.356 e. The number of carbonyl (C=O) groups is 2. The molecule has 3 heterocycles. The fraction of sp³-hybridized carbons (Fsp3) is 0.500. The summed E-state index contributed by atoms with van der Waals surface area (Å²) in [5.41, 5.74) is 1.31. The van der Waals surface area contributed by atoms with Crippen LogP contribution in [-0.2, 0) is 19.0 Å². The number of rotatable bonds is 5. The molecular weight excluding hydrogens is 398 g/mol. The van der Waals surface area contributed by atoms with Gasteiger partial charge in [-0.05, 0) is 18.2 Å². The van der Waals surface area contributed by atoms with Crippen LogP contribution in [-0.4, -0.2) is 62.6 Å². The maximum atomic E-state index is 12.6. The standard InChI is InChI=1S/C20H24ClN3O5/c1-27-19(26)18-17(14-12-13(21)2-3-15(14)22-18)23-16(25)4-7-24-8-5-20(6-9-24)28-10-11-29-20/h2-3,12,22H,4-11H2,1H3,(H,23,25)/p+1. The van der Waals surface area contributed by atoms with Crippen LogP contribution in [0.3, 0.4) is 0 Å². The van der Waals surface area contributed by atoms with E-state index in [0.29, 0.717) is 47.8 Å². The molecule has 2 aliphatic rings. The summed E-state index contributed by atoms with van der Waals surface area (Å²) in [6.07, 6.45) is 2.03. The number of piperidine rings is 1. The fourth-order valence-corrected chi connectivity index (χ4v) is 4.23. The normalized spacial score (nSPS) is 19.0. The molecule has 0 radical (unpaired) electrons. The predicted octanol–water partition coefficient (Wildman–Crippen LogP) is 1.36. The van der Waals surface area contributed by atoms with E-state index in [2.05, 4.69) is 10.3 Å². The lowest BCUT2D eigenvalue weighted by molar-refractivity contribution is -0.908. The Bertz CT molecular complexity index is 912. The van der Waals surface area contributed by atoms with Gasteiger partial charge in [-0.3, -0.25) is 4.79 Å². The number of benzene rings is 1. The summed E-state index contributed by atoms with van der Waals surface area (Å²) in [5, 5.41) is 4.07. The van der Waals surface area contributed by atoms with Gasteiger partial charge in [0.2, 0.25) is 5.91 Å². The average molecular weight is 423 g/mol. The van der Waals surface area contributed by atoms with Crippen LogP contribution in [0.4, 0.5) is 5.69 Å². The number of halogens is 1. The van der Waals surface area contributed by atoms with Crippen molar-refractivity contribution in [3.8, 4) is 0 Å². The third kappa shape index (κ3) is 4.25. The molecule has 1 aromatic carbocycles. The van der Waals surface area contributed by atoms with Crippen LogP contribution in [0, 0.1) is 0 Å². The van der Waals surface area contributed by atoms with Crippen LogP contribution in [0.1, 0.15) is 29.8 Å². The molecule has 2 aliphatic heterocycles. The van der Waals surface area contributed by atoms with E-state index in [1.165, 1.54) is 12.0 Å². The molecule has 1 amide bonds. The van der Waals surface area contributed by atoms with Gasteiger partial charge < -0.3 is 29.4 Å². The van der Waals surface area contributed by atoms with E-state index in [4.69, 9.17) is 25.8 Å². The highest BCUT2D eigenvalue weighted by atomic mass is 35.5. The summed E-state index contributed by atoms with van der Waals surface area (Å²) in [6, 6.07) is 5.20. The number of methoxy groups -OCH3 is 1. The Hall–Kier alpha value is -2.13. The van der Waals surface area contributed by atoms with E-state index in [1.54, 1.807) is 18.2 Å². The molecule has 29 heavy (non-hydrogen) atoms. The third-order valence-corrected chi connectivity index (χ3v) is 5.89. The number of nitrogens with one attached hydrogen (secondary N) is 3. The Balaban J connectivity index is 1.40. The maximum Gasteiger partial charge on any atom is 0.356 e. The first-order chi connectivity index (χ1) is 14.0. The first-order valence-electron chi connectivity index (χ1n) is 9.80. The van der Waals surface area contributed by atoms with Crippen molar-refractivity contribution in [2.24, 2.45) is 0 Å². The first-order valence-corrected chi connectivity index (χ1v) is 10.2. The number of likely N-dealkylation sites (tertiary alicyclic amines) is 1. The van der Waals surface area contributed by atoms with Crippen molar-refractivity contribution in [3.63, 3.8) is 0 Å². The summed E-state index contributed by atoms with van der Waals surface area (Å²) in [6.45, 7) is 3.84. The lowest BCUT2D eigenvalue weighted by Crippen LogP contribution is -3.13. The van der Waals surface area contributed by atoms with Gasteiger partial charge in [0, 0.05) is 15.9 Å². The van der Waals surface area contributed by atoms with Crippen molar-refractivity contribution in [1.82, 2.24) is 4.98 Å². The largest absolute Gasteiger partial charge is 0.464 e. The zero-order valence-corrected chi connectivity index (χ0v) is 17.1. The number of H-pyrrole nitrogens is 1. The molecular formula is C20H25ClN3O5+. The van der Waals surface area contributed by atoms with Crippen molar-refractivity contribution in [2.75, 3.05) is 45.3 Å². The minimum absolute atomic E-state index is 0.155. The van der Waals surface area contributed by atoms with Gasteiger partial charge in [0.1, 0.15) is 5.69 Å². The lowest BCUT2D eigenvalue weighted by Gasteiger charge is -2.35. The molecule has 4 rings (SSSR count). The Morgan fingerprint density at radius 3 is 2.69 bits per heavy atom. The van der Waals surface area contributed by atoms with Crippen LogP contribution in [0.2, 0.25) is 5.02 Å². The van der Waals surface area contributed by atoms with E-state index >= 15 is 0 Å². The van der Waals surface area contributed by atoms with Crippen LogP contribution in [0.15, 0.2) is 18.2 Å². The summed E-state index contributed by atoms with van der Waals surface area (Å²) < 4.78 is 16.3. The van der Waals surface area contributed by atoms with Crippen LogP contribution in [0.25, 0.3) is 10.9 Å². The Labute approximate surface area is 173 Å². The van der Waals surface area contributed by atoms with Crippen molar-refractivity contribution in [3.05, 3.63) is 28.9 Å². The number of anilines is 1. The Morgan fingerprint density at radius 1 is 1.28 bits per heavy atom. The van der Waals surface area contributed by atoms with E-state index in [0.717, 1.165) is 25.9 Å². The molecule has 1 aromatic heterocycles. The zero-order chi connectivity index (χ0) is 20.4. The average Bonchev–Trinajstić information content (AvgIpc) is 3.32. The van der Waals surface area contributed by atoms with Gasteiger partial charge >= 0.3 is 5.97 Å². The fourth-order valence-electron chi connectivity index (χ4n) is 4.06. The topological polar surface area (TPSA) is 94.1 Å². The summed E-state index contributed by atoms with van der Waals surface area (Å²) in [5.74, 6) is -1.10. The molecule has 2 saturated heterocycles. The van der Waals surface area contributed by atoms with Gasteiger partial charge in [0.25, 0.3) is 0 Å². The van der Waals surface area contributed by atoms with Gasteiger partial charge in [-0.2, -0.15) is 0 Å². The number of ether oxygens (including phenoxy) is 3. The van der Waals surface area contributed by atoms with Crippen LogP contribution < -0.4 is 10.2 Å². The molecule has 0 atom stereocenters. The summed E-state index contributed by atoms with van der Waals surface area (Å²) >= 11 is 6.10. The monoisotopic (exact) mass is 422 g/mol. The van der Waals surface area contributed by atoms with Crippen molar-refractivity contribution in [2.45, 2.75) is 25.0 Å². The molecule has 156 valence electrons. The number of carbonyl (C=O) groups excluding carboxylic acids is 2. The summed E-state index contributed by atoms with van der Waals surface area (Å²) in [4.78, 5) is 29.1. The van der Waals surface area contributed by atoms with Gasteiger partial charge in [-0.15, -0.1) is 0 Å². The molecule has 8 nitrogen and oxygen atoms in total. The molecule has 0 bridgehead atoms. The number of esters is 1. The van der Waals surface area contributed by atoms with E-state index < -0.39 is 11.8 Å². The number of quaternary nitrogens is 1. The Morgan fingerprint density at radius 2 is 2.00 bits per heavy atom. The number of hydrogen-bond acceptors (Lipinski definition) is 5. The SMILES string of the molecule is COC(=O)c1[nH]c2ccc(Cl)cc2c1NC(=O)CC[NH+]1CCC2(CC1)OCCO2. The molecule has 9 heteroatoms. The minimum Gasteiger partial charge on any atom is -0.464 e. The predicted molar refractivity (Wildman–Crippen MR) is 107 cm³/mol. The number of amides is 1. The highest BCUT2D eigenvalue weighted by Crippen LogP contribution is 2.31. The van der Waals surface area contributed by atoms with Crippen molar-refractivity contribution >= 4 is 40.1 Å². The second-order valence-electron chi connectivity index (χ2n) is 7.46. The van der Waals surface area contributed by atoms with E-state index in [-0.39, 0.29) is 11.6 Å². The van der Waals surface area contributed by atoms with E-state index in [1.807, 2.05) is 0 Å². The first kappa shape index (κ1) is 20.2. The highest BCUT2D eigenvalue weighted by molar-refractivity contribution is 6.31. The second-order valence-corrected chi connectivity index (χ2v) is 7.90. The number of hydrogen-bond donors (Lipinski definition) is 3. The molecule has 0 unspecified atom stereocenters. The lowest BCUT2D eigenvalue weighted by atomic mass is 10.0. The van der Waals surface area contributed by atoms with E-state index in [9.17, 15) is 9.59 Å². The quantitative estimate of drug-likeness (QED) is 0.632. The third-order valence-electron chi connectivity index (χ3n) is 5.65. The van der Waals surface area contributed by atoms with Crippen LogP contribution in [0.5, 0.6) is 0 Å². The van der Waals surface area contributed by atoms with Gasteiger partial charge in [0.15, 0.2) is 5.79 Å². The Kier molecular flexibility index (Phi) is 5.78. The zero-order valence-electron chi connectivity index (χ0n) is 16.3. The van der Waals surface area contributed by atoms with Gasteiger partial charge in [-0.1, -0.05) is 11.6 Å². The number of aromatic amines is 1. The molecule has 0 aliphatic carbocycles. The van der Waals surface area contributed by atoms with Crippen LogP contribution >= 0.6 is 11.6 Å². The highest BCUT2D eigenvalue weighted by Gasteiger charge is 2.41. The van der Waals surface area contributed by atoms with Gasteiger partial charge in [0.05, 0.1) is 64.9 Å². The van der Waals surface area contributed by atoms with Gasteiger partial charge in [-0.25, -0.2) is 4.79 Å². The molecule has 2 fully saturated rings. The molecule has 1 spiro atoms. The van der Waals surface area contributed by atoms with Crippen molar-refractivity contribution < 1.29 is 28.7 Å². The molecule has 3 N–H and O–H groups in total. The van der Waals surface area contributed by atoms with Crippen molar-refractivity contribution in [1.29, 1.82) is 0 Å².